The zero-order chi connectivity index (χ0) is 12.8. The number of hydrogen-bond donors (Lipinski definition) is 2. The van der Waals surface area contributed by atoms with Gasteiger partial charge in [-0.05, 0) is 12.1 Å². The first-order valence-electron chi connectivity index (χ1n) is 5.56. The number of aromatic nitrogens is 4. The maximum absolute atomic E-state index is 11.3. The minimum absolute atomic E-state index is 0.356. The monoisotopic (exact) mass is 253 g/mol. The summed E-state index contributed by atoms with van der Waals surface area (Å²) in [7, 11) is 1.63. The first kappa shape index (κ1) is 12.5. The van der Waals surface area contributed by atoms with Crippen LogP contribution in [0.4, 0.5) is 5.82 Å². The Balaban J connectivity index is 1.84. The lowest BCUT2D eigenvalue weighted by Crippen LogP contribution is -2.16. The van der Waals surface area contributed by atoms with E-state index in [0.29, 0.717) is 37.8 Å². The van der Waals surface area contributed by atoms with Gasteiger partial charge in [-0.2, -0.15) is 9.61 Å². The number of anilines is 1. The van der Waals surface area contributed by atoms with Gasteiger partial charge in [0.1, 0.15) is 5.82 Å². The standard InChI is InChI=1S/C10H15N5O3/c1-17-6-7-18-5-4-11-8-2-3-9-12-13-10(16)15(9)14-8/h2-3H,4-7H2,1H3,(H,11,14)(H,13,16). The van der Waals surface area contributed by atoms with E-state index in [2.05, 4.69) is 20.6 Å². The fourth-order valence-electron chi connectivity index (χ4n) is 1.39. The number of rotatable bonds is 7. The molecule has 0 aliphatic rings. The van der Waals surface area contributed by atoms with Crippen LogP contribution in [-0.4, -0.2) is 53.3 Å². The van der Waals surface area contributed by atoms with E-state index >= 15 is 0 Å². The summed E-state index contributed by atoms with van der Waals surface area (Å²) in [5.74, 6) is 0.598. The number of fused-ring (bicyclic) bond motifs is 1. The van der Waals surface area contributed by atoms with Gasteiger partial charge in [-0.15, -0.1) is 5.10 Å². The van der Waals surface area contributed by atoms with Crippen LogP contribution in [-0.2, 0) is 9.47 Å². The summed E-state index contributed by atoms with van der Waals surface area (Å²) in [5, 5.41) is 13.2. The average molecular weight is 253 g/mol. The minimum atomic E-state index is -0.356. The Morgan fingerprint density at radius 1 is 1.39 bits per heavy atom. The van der Waals surface area contributed by atoms with Gasteiger partial charge < -0.3 is 14.8 Å². The topological polar surface area (TPSA) is 93.5 Å². The Morgan fingerprint density at radius 3 is 3.11 bits per heavy atom. The molecule has 0 saturated heterocycles. The number of nitrogens with one attached hydrogen (secondary N) is 2. The second-order valence-electron chi connectivity index (χ2n) is 3.55. The van der Waals surface area contributed by atoms with E-state index in [1.54, 1.807) is 19.2 Å². The third-order valence-electron chi connectivity index (χ3n) is 2.26. The van der Waals surface area contributed by atoms with Gasteiger partial charge in [-0.1, -0.05) is 0 Å². The summed E-state index contributed by atoms with van der Waals surface area (Å²) in [6.45, 7) is 2.29. The van der Waals surface area contributed by atoms with Gasteiger partial charge in [0.05, 0.1) is 19.8 Å². The van der Waals surface area contributed by atoms with Crippen LogP contribution in [0.25, 0.3) is 5.65 Å². The Hall–Kier alpha value is -1.93. The normalized spacial score (nSPS) is 10.9. The Morgan fingerprint density at radius 2 is 2.28 bits per heavy atom. The van der Waals surface area contributed by atoms with Crippen molar-refractivity contribution in [1.82, 2.24) is 19.8 Å². The van der Waals surface area contributed by atoms with Gasteiger partial charge in [0, 0.05) is 13.7 Å². The smallest absolute Gasteiger partial charge is 0.364 e. The molecule has 8 heteroatoms. The molecule has 0 aromatic carbocycles. The van der Waals surface area contributed by atoms with E-state index in [0.717, 1.165) is 0 Å². The van der Waals surface area contributed by atoms with Gasteiger partial charge in [0.2, 0.25) is 0 Å². The lowest BCUT2D eigenvalue weighted by atomic mass is 10.5. The van der Waals surface area contributed by atoms with Crippen LogP contribution in [0.2, 0.25) is 0 Å². The minimum Gasteiger partial charge on any atom is -0.382 e. The van der Waals surface area contributed by atoms with Crippen LogP contribution < -0.4 is 11.0 Å². The van der Waals surface area contributed by atoms with Crippen molar-refractivity contribution in [2.45, 2.75) is 0 Å². The molecule has 2 heterocycles. The highest BCUT2D eigenvalue weighted by atomic mass is 16.5. The highest BCUT2D eigenvalue weighted by Crippen LogP contribution is 2.01. The molecule has 98 valence electrons. The summed E-state index contributed by atoms with van der Waals surface area (Å²) >= 11 is 0. The van der Waals surface area contributed by atoms with Crippen molar-refractivity contribution in [2.75, 3.05) is 38.8 Å². The number of nitrogens with zero attached hydrogens (tertiary/aromatic N) is 3. The van der Waals surface area contributed by atoms with Crippen molar-refractivity contribution in [2.24, 2.45) is 0 Å². The predicted molar refractivity (Wildman–Crippen MR) is 64.8 cm³/mol. The van der Waals surface area contributed by atoms with Crippen LogP contribution in [0.1, 0.15) is 0 Å². The fourth-order valence-corrected chi connectivity index (χ4v) is 1.39. The quantitative estimate of drug-likeness (QED) is 0.646. The molecule has 0 spiro atoms. The summed E-state index contributed by atoms with van der Waals surface area (Å²) in [6, 6.07) is 3.46. The zero-order valence-corrected chi connectivity index (χ0v) is 10.0. The predicted octanol–water partition coefficient (Wildman–Crippen LogP) is -0.507. The van der Waals surface area contributed by atoms with Crippen LogP contribution in [0.15, 0.2) is 16.9 Å². The number of methoxy groups -OCH3 is 1. The summed E-state index contributed by atoms with van der Waals surface area (Å²) in [5.41, 5.74) is 0.131. The van der Waals surface area contributed by atoms with E-state index in [1.165, 1.54) is 4.52 Å². The lowest BCUT2D eigenvalue weighted by Gasteiger charge is -2.06. The molecular formula is C10H15N5O3. The van der Waals surface area contributed by atoms with E-state index in [4.69, 9.17) is 9.47 Å². The Kier molecular flexibility index (Phi) is 4.26. The number of aromatic amines is 1. The molecule has 0 bridgehead atoms. The molecular weight excluding hydrogens is 238 g/mol. The largest absolute Gasteiger partial charge is 0.382 e. The van der Waals surface area contributed by atoms with Crippen LogP contribution >= 0.6 is 0 Å². The van der Waals surface area contributed by atoms with E-state index in [1.807, 2.05) is 0 Å². The van der Waals surface area contributed by atoms with Gasteiger partial charge in [0.25, 0.3) is 0 Å². The van der Waals surface area contributed by atoms with Crippen molar-refractivity contribution in [3.8, 4) is 0 Å². The molecule has 0 aliphatic carbocycles. The summed E-state index contributed by atoms with van der Waals surface area (Å²) < 4.78 is 11.3. The molecule has 0 atom stereocenters. The SMILES string of the molecule is COCCOCCNc1ccc2n[nH]c(=O)n2n1. The van der Waals surface area contributed by atoms with Crippen molar-refractivity contribution >= 4 is 11.5 Å². The molecule has 0 amide bonds. The summed E-state index contributed by atoms with van der Waals surface area (Å²) in [4.78, 5) is 11.3. The van der Waals surface area contributed by atoms with Gasteiger partial charge in [0.15, 0.2) is 5.65 Å². The second-order valence-corrected chi connectivity index (χ2v) is 3.55. The molecule has 8 nitrogen and oxygen atoms in total. The molecule has 2 rings (SSSR count). The van der Waals surface area contributed by atoms with Gasteiger partial charge >= 0.3 is 5.69 Å². The second kappa shape index (κ2) is 6.12. The van der Waals surface area contributed by atoms with Gasteiger partial charge in [-0.25, -0.2) is 9.89 Å². The van der Waals surface area contributed by atoms with Crippen LogP contribution in [0.5, 0.6) is 0 Å². The highest BCUT2D eigenvalue weighted by Gasteiger charge is 2.01. The molecule has 0 unspecified atom stereocenters. The van der Waals surface area contributed by atoms with Crippen molar-refractivity contribution in [3.05, 3.63) is 22.6 Å². The lowest BCUT2D eigenvalue weighted by molar-refractivity contribution is 0.0759. The van der Waals surface area contributed by atoms with Gasteiger partial charge in [-0.3, -0.25) is 0 Å². The molecule has 2 aromatic heterocycles. The van der Waals surface area contributed by atoms with E-state index in [9.17, 15) is 4.79 Å². The molecule has 18 heavy (non-hydrogen) atoms. The molecule has 2 N–H and O–H groups in total. The Labute approximate surface area is 103 Å². The average Bonchev–Trinajstić information content (AvgIpc) is 2.75. The molecule has 0 radical (unpaired) electrons. The molecule has 0 fully saturated rings. The number of H-pyrrole nitrogens is 1. The van der Waals surface area contributed by atoms with Crippen LogP contribution in [0, 0.1) is 0 Å². The maximum Gasteiger partial charge on any atom is 0.364 e. The molecule has 0 aliphatic heterocycles. The molecule has 2 aromatic rings. The number of hydrogen-bond acceptors (Lipinski definition) is 6. The Bertz CT molecular complexity index is 550. The van der Waals surface area contributed by atoms with Crippen molar-refractivity contribution in [1.29, 1.82) is 0 Å². The first-order valence-corrected chi connectivity index (χ1v) is 5.56. The third-order valence-corrected chi connectivity index (χ3v) is 2.26. The fraction of sp³-hybridized carbons (Fsp3) is 0.500. The highest BCUT2D eigenvalue weighted by molar-refractivity contribution is 5.42. The maximum atomic E-state index is 11.3. The van der Waals surface area contributed by atoms with Crippen molar-refractivity contribution in [3.63, 3.8) is 0 Å². The van der Waals surface area contributed by atoms with E-state index in [-0.39, 0.29) is 5.69 Å². The first-order chi connectivity index (χ1) is 8.81. The van der Waals surface area contributed by atoms with Crippen LogP contribution in [0.3, 0.4) is 0 Å². The van der Waals surface area contributed by atoms with Crippen molar-refractivity contribution < 1.29 is 9.47 Å². The molecule has 0 saturated carbocycles. The summed E-state index contributed by atoms with van der Waals surface area (Å²) in [6.07, 6.45) is 0. The zero-order valence-electron chi connectivity index (χ0n) is 10.0. The van der Waals surface area contributed by atoms with E-state index < -0.39 is 0 Å². The third kappa shape index (κ3) is 3.05. The number of ether oxygens (including phenoxy) is 2.